The van der Waals surface area contributed by atoms with Gasteiger partial charge in [-0.25, -0.2) is 9.78 Å². The van der Waals surface area contributed by atoms with Crippen LogP contribution >= 0.6 is 0 Å². The standard InChI is InChI=1S/C49H61N11O13S.Tb/c1-4-49(69)32-15-35-42-30(21-60(35)46(67)31(32)22-71-47(49)68)29(28-14-36-37(73-25-72-36)16-34(28)57-42)19-52-40(63)23-70-24-56-39(62)20-53-44(65)33(10-7-8-12-50)58-45(66)41(26(2)3)59-38(61)11-6-5-9-13-51-43(64)27-17-54-48(74)55-18-27;/h14-18,26,33,41,69H,4-13,19-25,50H2,1-3H3,(H,51,64)(H,52,63)(H,53,65)(H,56,62)(H,58,66)(H,59,61)(H,54,55,74);/p-1/t33-,41-,49+;/m0./s1. The monoisotopic (exact) mass is 1200 g/mol. The molecule has 1 aromatic carbocycles. The van der Waals surface area contributed by atoms with Crippen molar-refractivity contribution in [2.75, 3.05) is 39.8 Å². The molecule has 405 valence electrons. The van der Waals surface area contributed by atoms with Crippen LogP contribution in [0.5, 0.6) is 11.5 Å². The minimum atomic E-state index is -2.02. The molecular formula is C49H60N11O13STb-. The van der Waals surface area contributed by atoms with E-state index in [9.17, 15) is 43.5 Å². The van der Waals surface area contributed by atoms with Gasteiger partial charge >= 0.3 is 5.97 Å². The fraction of sp³-hybridized carbons (Fsp3) is 0.490. The number of aromatic nitrogens is 4. The van der Waals surface area contributed by atoms with E-state index < -0.39 is 66.0 Å². The number of amides is 6. The molecule has 6 heterocycles. The van der Waals surface area contributed by atoms with E-state index in [1.165, 1.54) is 17.0 Å². The summed E-state index contributed by atoms with van der Waals surface area (Å²) in [5, 5.41) is 28.2. The molecule has 3 aromatic heterocycles. The Labute approximate surface area is 467 Å². The predicted octanol–water partition coefficient (Wildman–Crippen LogP) is 0.0718. The second kappa shape index (κ2) is 26.6. The SMILES string of the molecule is CC[C@]1(O)C(=O)OCc2c1cc1n(c2=O)Cc2c-1nc1cc3c(cc1c2CNC(=O)COCNC(=O)CNC(=O)[C@H](CCCCN)NC(=O)[C@@H](NC(=O)CCCCCNC(=O)c1cnc([S-])nc1)C(C)C)OCO3.[Tb]. The zero-order chi connectivity index (χ0) is 53.1. The molecule has 0 fully saturated rings. The van der Waals surface area contributed by atoms with E-state index in [4.69, 9.17) is 42.3 Å². The molecule has 0 saturated heterocycles. The number of rotatable bonds is 25. The average Bonchev–Trinajstić information content (AvgIpc) is 4.00. The number of unbranched alkanes of at least 4 members (excludes halogenated alkanes) is 3. The fourth-order valence-corrected chi connectivity index (χ4v) is 8.85. The first-order chi connectivity index (χ1) is 35.5. The molecule has 0 unspecified atom stereocenters. The number of pyridine rings is 2. The van der Waals surface area contributed by atoms with Crippen molar-refractivity contribution in [2.45, 2.75) is 115 Å². The van der Waals surface area contributed by atoms with Gasteiger partial charge in [0.25, 0.3) is 11.5 Å². The van der Waals surface area contributed by atoms with Crippen molar-refractivity contribution in [3.05, 3.63) is 68.8 Å². The second-order valence-electron chi connectivity index (χ2n) is 18.3. The average molecular weight is 1200 g/mol. The summed E-state index contributed by atoms with van der Waals surface area (Å²) < 4.78 is 23.4. The molecule has 0 aliphatic carbocycles. The first-order valence-electron chi connectivity index (χ1n) is 24.4. The van der Waals surface area contributed by atoms with Gasteiger partial charge in [0, 0.05) is 98.3 Å². The molecule has 75 heavy (non-hydrogen) atoms. The molecule has 9 N–H and O–H groups in total. The molecule has 7 rings (SSSR count). The molecule has 26 heteroatoms. The number of nitrogens with one attached hydrogen (secondary N) is 6. The number of fused-ring (bicyclic) bond motifs is 6. The van der Waals surface area contributed by atoms with Crippen LogP contribution in [0.1, 0.15) is 105 Å². The van der Waals surface area contributed by atoms with Crippen molar-refractivity contribution >= 4 is 64.9 Å². The Balaban J connectivity index is 0.00000914. The molecule has 0 saturated carbocycles. The molecule has 3 aliphatic rings. The predicted molar refractivity (Wildman–Crippen MR) is 265 cm³/mol. The van der Waals surface area contributed by atoms with Crippen molar-refractivity contribution in [3.63, 3.8) is 0 Å². The molecule has 1 radical (unpaired) electrons. The van der Waals surface area contributed by atoms with Crippen LogP contribution in [0.4, 0.5) is 0 Å². The maximum Gasteiger partial charge on any atom is 0.343 e. The summed E-state index contributed by atoms with van der Waals surface area (Å²) >= 11 is 4.84. The Bertz CT molecular complexity index is 2870. The number of esters is 1. The zero-order valence-electron chi connectivity index (χ0n) is 41.6. The van der Waals surface area contributed by atoms with Gasteiger partial charge in [-0.15, -0.1) is 0 Å². The third-order valence-electron chi connectivity index (χ3n) is 12.9. The van der Waals surface area contributed by atoms with Crippen LogP contribution in [0, 0.1) is 44.5 Å². The van der Waals surface area contributed by atoms with Crippen LogP contribution in [0.15, 0.2) is 40.5 Å². The number of nitrogens with two attached hydrogens (primary N) is 1. The van der Waals surface area contributed by atoms with E-state index in [0.29, 0.717) is 95.7 Å². The third kappa shape index (κ3) is 14.1. The topological polar surface area (TPSA) is 336 Å². The van der Waals surface area contributed by atoms with E-state index in [0.717, 1.165) is 0 Å². The molecule has 0 spiro atoms. The number of hydrogen-bond acceptors (Lipinski definition) is 18. The van der Waals surface area contributed by atoms with Crippen molar-refractivity contribution < 1.29 is 96.2 Å². The Morgan fingerprint density at radius 1 is 0.880 bits per heavy atom. The van der Waals surface area contributed by atoms with Gasteiger partial charge < -0.3 is 78.9 Å². The Hall–Kier alpha value is -6.06. The summed E-state index contributed by atoms with van der Waals surface area (Å²) in [6, 6.07) is 3.04. The number of carbonyl (C=O) groups excluding carboxylic acids is 7. The van der Waals surface area contributed by atoms with Crippen molar-refractivity contribution in [1.82, 2.24) is 51.4 Å². The van der Waals surface area contributed by atoms with Crippen LogP contribution in [-0.4, -0.2) is 118 Å². The van der Waals surface area contributed by atoms with Gasteiger partial charge in [-0.05, 0) is 68.7 Å². The van der Waals surface area contributed by atoms with Crippen LogP contribution in [0.25, 0.3) is 22.3 Å². The van der Waals surface area contributed by atoms with E-state index in [1.54, 1.807) is 39.0 Å². The summed E-state index contributed by atoms with van der Waals surface area (Å²) in [4.78, 5) is 117. The van der Waals surface area contributed by atoms with E-state index in [-0.39, 0.29) is 125 Å². The van der Waals surface area contributed by atoms with Gasteiger partial charge in [-0.2, -0.15) is 0 Å². The molecule has 0 bridgehead atoms. The van der Waals surface area contributed by atoms with Crippen molar-refractivity contribution in [1.29, 1.82) is 0 Å². The Morgan fingerprint density at radius 3 is 2.35 bits per heavy atom. The Morgan fingerprint density at radius 2 is 1.63 bits per heavy atom. The van der Waals surface area contributed by atoms with Crippen LogP contribution in [0.2, 0.25) is 0 Å². The van der Waals surface area contributed by atoms with Gasteiger partial charge in [0.1, 0.15) is 32.0 Å². The second-order valence-corrected chi connectivity index (χ2v) is 18.7. The number of hydrogen-bond donors (Lipinski definition) is 8. The number of nitrogens with zero attached hydrogens (tertiary/aromatic N) is 4. The molecule has 3 aliphatic heterocycles. The van der Waals surface area contributed by atoms with Crippen molar-refractivity contribution in [2.24, 2.45) is 11.7 Å². The molecule has 4 aromatic rings. The largest absolute Gasteiger partial charge is 0.740 e. The maximum absolute atomic E-state index is 13.9. The number of aliphatic hydroxyl groups is 1. The number of cyclic esters (lactones) is 1. The molecular weight excluding hydrogens is 1140 g/mol. The molecule has 6 amide bonds. The fourth-order valence-electron chi connectivity index (χ4n) is 8.75. The summed E-state index contributed by atoms with van der Waals surface area (Å²) in [5.41, 5.74) is 6.37. The minimum Gasteiger partial charge on any atom is -0.740 e. The summed E-state index contributed by atoms with van der Waals surface area (Å²) in [7, 11) is 0. The van der Waals surface area contributed by atoms with Crippen LogP contribution < -0.4 is 52.7 Å². The number of ether oxygens (including phenoxy) is 4. The van der Waals surface area contributed by atoms with Gasteiger partial charge in [-0.3, -0.25) is 43.5 Å². The van der Waals surface area contributed by atoms with Gasteiger partial charge in [0.2, 0.25) is 36.3 Å². The van der Waals surface area contributed by atoms with Crippen molar-refractivity contribution in [3.8, 4) is 22.9 Å². The quantitative estimate of drug-likeness (QED) is 0.0126. The van der Waals surface area contributed by atoms with Gasteiger partial charge in [0.15, 0.2) is 17.1 Å². The zero-order valence-corrected chi connectivity index (χ0v) is 44.5. The number of benzene rings is 1. The minimum absolute atomic E-state index is 0. The van der Waals surface area contributed by atoms with E-state index in [1.807, 2.05) is 0 Å². The first kappa shape index (κ1) is 58.2. The molecule has 24 nitrogen and oxygen atoms in total. The third-order valence-corrected chi connectivity index (χ3v) is 13.1. The van der Waals surface area contributed by atoms with Gasteiger partial charge in [0.05, 0.1) is 41.1 Å². The van der Waals surface area contributed by atoms with E-state index in [2.05, 4.69) is 41.9 Å². The summed E-state index contributed by atoms with van der Waals surface area (Å²) in [6.45, 7) is 4.30. The summed E-state index contributed by atoms with van der Waals surface area (Å²) in [6.07, 6.45) is 5.85. The number of carbonyl (C=O) groups is 7. The van der Waals surface area contributed by atoms with Crippen LogP contribution in [0.3, 0.4) is 0 Å². The van der Waals surface area contributed by atoms with E-state index >= 15 is 0 Å². The smallest absolute Gasteiger partial charge is 0.343 e. The normalized spacial score (nSPS) is 15.6. The van der Waals surface area contributed by atoms with Crippen LogP contribution in [-0.2, 0) is 76.2 Å². The maximum atomic E-state index is 13.9. The Kier molecular flexibility index (Phi) is 20.7. The summed E-state index contributed by atoms with van der Waals surface area (Å²) in [5.74, 6) is -3.31. The molecule has 3 atom stereocenters. The first-order valence-corrected chi connectivity index (χ1v) is 24.8. The van der Waals surface area contributed by atoms with Gasteiger partial charge in [-0.1, -0.05) is 27.2 Å².